The summed E-state index contributed by atoms with van der Waals surface area (Å²) in [5, 5.41) is 24.3. The molecule has 3 aliphatic rings. The van der Waals surface area contributed by atoms with Crippen molar-refractivity contribution in [2.45, 2.75) is 43.4 Å². The van der Waals surface area contributed by atoms with Crippen molar-refractivity contribution in [3.8, 4) is 11.1 Å². The largest absolute Gasteiger partial charge is 0.389 e. The van der Waals surface area contributed by atoms with Crippen LogP contribution < -0.4 is 11.5 Å². The van der Waals surface area contributed by atoms with Gasteiger partial charge in [0.15, 0.2) is 0 Å². The van der Waals surface area contributed by atoms with Crippen molar-refractivity contribution in [3.63, 3.8) is 0 Å². The predicted molar refractivity (Wildman–Crippen MR) is 141 cm³/mol. The molecule has 9 nitrogen and oxygen atoms in total. The lowest BCUT2D eigenvalue weighted by Crippen LogP contribution is -2.60. The SMILES string of the molecule is Nc1nc2cc(CC[C@]34C[C@@H](n5ccc6c(N)ncnc65)[C@](O)(C3)[C@@H]4O)ccc2cc1-c1cccnc1. The minimum atomic E-state index is -1.17. The number of aromatic nitrogens is 5. The lowest BCUT2D eigenvalue weighted by Gasteiger charge is -2.50. The van der Waals surface area contributed by atoms with E-state index in [0.29, 0.717) is 30.1 Å². The summed E-state index contributed by atoms with van der Waals surface area (Å²) in [5.41, 5.74) is 15.2. The summed E-state index contributed by atoms with van der Waals surface area (Å²) in [6, 6.07) is 13.7. The van der Waals surface area contributed by atoms with Crippen molar-refractivity contribution in [2.24, 2.45) is 5.41 Å². The van der Waals surface area contributed by atoms with Crippen LogP contribution in [0.25, 0.3) is 33.1 Å². The fourth-order valence-corrected chi connectivity index (χ4v) is 6.64. The van der Waals surface area contributed by atoms with E-state index in [9.17, 15) is 10.2 Å². The normalized spacial score (nSPS) is 26.5. The van der Waals surface area contributed by atoms with Crippen molar-refractivity contribution >= 4 is 33.6 Å². The third kappa shape index (κ3) is 3.17. The minimum Gasteiger partial charge on any atom is -0.389 e. The minimum absolute atomic E-state index is 0.265. The van der Waals surface area contributed by atoms with Crippen LogP contribution in [0, 0.1) is 5.41 Å². The number of pyridine rings is 2. The van der Waals surface area contributed by atoms with Crippen LogP contribution in [0.3, 0.4) is 0 Å². The van der Waals surface area contributed by atoms with Crippen molar-refractivity contribution in [1.29, 1.82) is 0 Å². The monoisotopic (exact) mass is 493 g/mol. The highest BCUT2D eigenvalue weighted by atomic mass is 16.4. The number of rotatable bonds is 5. The molecule has 186 valence electrons. The molecule has 37 heavy (non-hydrogen) atoms. The molecule has 0 radical (unpaired) electrons. The van der Waals surface area contributed by atoms with Gasteiger partial charge in [0.05, 0.1) is 23.0 Å². The standard InChI is InChI=1S/C28H27N7O2/c29-23-19-6-9-35(25(19)33-15-32-23)22-12-27(14-28(22,37)26(27)36)7-5-16-3-4-17-11-20(18-2-1-8-31-13-18)24(30)34-21(17)10-16/h1-4,6,8-11,13,15,22,26,36-37H,5,7,12,14H2,(H2,30,34)(H2,29,32,33)/t22-,26-,27+,28-/m1/s1. The highest BCUT2D eigenvalue weighted by Gasteiger charge is 2.72. The Morgan fingerprint density at radius 2 is 1.97 bits per heavy atom. The summed E-state index contributed by atoms with van der Waals surface area (Å²) < 4.78 is 1.95. The first-order valence-corrected chi connectivity index (χ1v) is 12.4. The fourth-order valence-electron chi connectivity index (χ4n) is 6.64. The number of aryl methyl sites for hydroxylation is 1. The molecule has 2 bridgehead atoms. The van der Waals surface area contributed by atoms with E-state index in [1.807, 2.05) is 35.0 Å². The maximum atomic E-state index is 11.4. The summed E-state index contributed by atoms with van der Waals surface area (Å²) >= 11 is 0. The maximum Gasteiger partial charge on any atom is 0.145 e. The second-order valence-corrected chi connectivity index (χ2v) is 10.6. The molecule has 0 unspecified atom stereocenters. The highest BCUT2D eigenvalue weighted by Crippen LogP contribution is 2.68. The van der Waals surface area contributed by atoms with Crippen LogP contribution in [-0.4, -0.2) is 46.4 Å². The summed E-state index contributed by atoms with van der Waals surface area (Å²) in [6.07, 6.45) is 8.80. The number of hydrogen-bond donors (Lipinski definition) is 4. The number of nitrogens with zero attached hydrogens (tertiary/aromatic N) is 5. The Bertz CT molecular complexity index is 1670. The molecule has 0 spiro atoms. The van der Waals surface area contributed by atoms with Crippen LogP contribution in [0.2, 0.25) is 0 Å². The third-order valence-corrected chi connectivity index (χ3v) is 8.54. The van der Waals surface area contributed by atoms with Gasteiger partial charge in [-0.25, -0.2) is 15.0 Å². The molecule has 6 N–H and O–H groups in total. The second-order valence-electron chi connectivity index (χ2n) is 10.6. The van der Waals surface area contributed by atoms with Gasteiger partial charge in [0.2, 0.25) is 0 Å². The molecule has 5 aromatic rings. The maximum absolute atomic E-state index is 11.4. The van der Waals surface area contributed by atoms with Crippen LogP contribution >= 0.6 is 0 Å². The first-order chi connectivity index (χ1) is 17.9. The Morgan fingerprint density at radius 1 is 1.08 bits per heavy atom. The van der Waals surface area contributed by atoms with Crippen LogP contribution in [0.15, 0.2) is 67.4 Å². The van der Waals surface area contributed by atoms with Crippen molar-refractivity contribution in [1.82, 2.24) is 24.5 Å². The third-order valence-electron chi connectivity index (χ3n) is 8.54. The average molecular weight is 494 g/mol. The summed E-state index contributed by atoms with van der Waals surface area (Å²) in [7, 11) is 0. The zero-order valence-corrected chi connectivity index (χ0v) is 20.1. The molecule has 4 atom stereocenters. The van der Waals surface area contributed by atoms with Crippen molar-refractivity contribution < 1.29 is 10.2 Å². The van der Waals surface area contributed by atoms with E-state index in [0.717, 1.165) is 45.8 Å². The number of hydrogen-bond acceptors (Lipinski definition) is 8. The van der Waals surface area contributed by atoms with Gasteiger partial charge >= 0.3 is 0 Å². The Labute approximate surface area is 212 Å². The van der Waals surface area contributed by atoms with E-state index < -0.39 is 11.7 Å². The highest BCUT2D eigenvalue weighted by molar-refractivity contribution is 5.89. The molecule has 0 amide bonds. The second kappa shape index (κ2) is 7.71. The number of anilines is 2. The smallest absolute Gasteiger partial charge is 0.145 e. The Morgan fingerprint density at radius 3 is 2.78 bits per heavy atom. The Kier molecular flexibility index (Phi) is 4.61. The van der Waals surface area contributed by atoms with E-state index in [2.05, 4.69) is 38.1 Å². The van der Waals surface area contributed by atoms with Gasteiger partial charge in [-0.1, -0.05) is 18.2 Å². The first kappa shape index (κ1) is 22.1. The van der Waals surface area contributed by atoms with E-state index >= 15 is 0 Å². The number of benzene rings is 1. The first-order valence-electron chi connectivity index (χ1n) is 12.4. The molecule has 3 saturated carbocycles. The molecule has 9 heteroatoms. The van der Waals surface area contributed by atoms with Crippen LogP contribution in [-0.2, 0) is 6.42 Å². The fraction of sp³-hybridized carbons (Fsp3) is 0.286. The summed E-state index contributed by atoms with van der Waals surface area (Å²) in [5.74, 6) is 0.882. The van der Waals surface area contributed by atoms with Gasteiger partial charge < -0.3 is 26.2 Å². The van der Waals surface area contributed by atoms with E-state index in [4.69, 9.17) is 11.5 Å². The number of nitrogen functional groups attached to an aromatic ring is 2. The number of aliphatic hydroxyl groups excluding tert-OH is 1. The van der Waals surface area contributed by atoms with Gasteiger partial charge in [-0.15, -0.1) is 0 Å². The molecule has 1 aromatic carbocycles. The van der Waals surface area contributed by atoms with E-state index in [-0.39, 0.29) is 11.5 Å². The predicted octanol–water partition coefficient (Wildman–Crippen LogP) is 3.27. The zero-order valence-electron chi connectivity index (χ0n) is 20.1. The molecule has 8 rings (SSSR count). The molecule has 3 fully saturated rings. The lowest BCUT2D eigenvalue weighted by molar-refractivity contribution is -0.197. The molecule has 3 aliphatic carbocycles. The van der Waals surface area contributed by atoms with Gasteiger partial charge in [-0.05, 0) is 55.5 Å². The van der Waals surface area contributed by atoms with Gasteiger partial charge in [0.25, 0.3) is 0 Å². The van der Waals surface area contributed by atoms with Gasteiger partial charge in [0.1, 0.15) is 29.2 Å². The van der Waals surface area contributed by atoms with E-state index in [1.54, 1.807) is 12.4 Å². The molecule has 4 heterocycles. The summed E-state index contributed by atoms with van der Waals surface area (Å²) in [6.45, 7) is 0. The van der Waals surface area contributed by atoms with Crippen molar-refractivity contribution in [3.05, 3.63) is 72.9 Å². The Balaban J connectivity index is 1.13. The van der Waals surface area contributed by atoms with Crippen LogP contribution in [0.5, 0.6) is 0 Å². The molecular formula is C28H27N7O2. The molecule has 0 aliphatic heterocycles. The number of nitrogens with two attached hydrogens (primary N) is 2. The lowest BCUT2D eigenvalue weighted by atomic mass is 9.61. The van der Waals surface area contributed by atoms with Crippen LogP contribution in [0.4, 0.5) is 11.6 Å². The number of aliphatic hydroxyl groups is 2. The number of fused-ring (bicyclic) bond motifs is 3. The topological polar surface area (TPSA) is 149 Å². The quantitative estimate of drug-likeness (QED) is 0.291. The summed E-state index contributed by atoms with van der Waals surface area (Å²) in [4.78, 5) is 17.3. The molecule has 4 aromatic heterocycles. The molecular weight excluding hydrogens is 466 g/mol. The molecule has 0 saturated heterocycles. The van der Waals surface area contributed by atoms with Gasteiger partial charge in [-0.3, -0.25) is 4.98 Å². The Hall–Kier alpha value is -4.08. The van der Waals surface area contributed by atoms with Crippen molar-refractivity contribution in [2.75, 3.05) is 11.5 Å². The van der Waals surface area contributed by atoms with Gasteiger partial charge in [-0.2, -0.15) is 0 Å². The van der Waals surface area contributed by atoms with E-state index in [1.165, 1.54) is 6.33 Å². The van der Waals surface area contributed by atoms with Gasteiger partial charge in [0, 0.05) is 40.5 Å². The van der Waals surface area contributed by atoms with Crippen LogP contribution in [0.1, 0.15) is 30.9 Å². The average Bonchev–Trinajstić information content (AvgIpc) is 3.54. The zero-order chi connectivity index (χ0) is 25.4.